The molecule has 1 N–H and O–H groups in total. The van der Waals surface area contributed by atoms with Crippen molar-refractivity contribution in [1.29, 1.82) is 0 Å². The number of aromatic nitrogens is 3. The van der Waals surface area contributed by atoms with Crippen molar-refractivity contribution in [3.8, 4) is 0 Å². The first-order valence-electron chi connectivity index (χ1n) is 4.65. The molecule has 1 aromatic rings. The molecule has 1 aromatic heterocycles. The molecule has 7 nitrogen and oxygen atoms in total. The van der Waals surface area contributed by atoms with Crippen LogP contribution in [0.3, 0.4) is 0 Å². The molecule has 82 valence electrons. The summed E-state index contributed by atoms with van der Waals surface area (Å²) in [6.45, 7) is 0.401. The largest absolute Gasteiger partial charge is 0.480 e. The van der Waals surface area contributed by atoms with Crippen molar-refractivity contribution < 1.29 is 9.90 Å². The lowest BCUT2D eigenvalue weighted by atomic mass is 10.1. The highest BCUT2D eigenvalue weighted by Gasteiger charge is 2.29. The maximum atomic E-state index is 11.6. The van der Waals surface area contributed by atoms with Crippen LogP contribution >= 0.6 is 0 Å². The van der Waals surface area contributed by atoms with E-state index < -0.39 is 23.4 Å². The van der Waals surface area contributed by atoms with Crippen molar-refractivity contribution in [3.63, 3.8) is 0 Å². The molecule has 0 saturated heterocycles. The van der Waals surface area contributed by atoms with Crippen LogP contribution in [-0.2, 0) is 18.4 Å². The van der Waals surface area contributed by atoms with Crippen LogP contribution in [0, 0.1) is 0 Å². The summed E-state index contributed by atoms with van der Waals surface area (Å²) >= 11 is 0. The average Bonchev–Trinajstić information content (AvgIpc) is 2.44. The first-order valence-corrected chi connectivity index (χ1v) is 4.65. The van der Waals surface area contributed by atoms with Crippen molar-refractivity contribution in [2.24, 2.45) is 7.05 Å². The van der Waals surface area contributed by atoms with Gasteiger partial charge in [-0.3, -0.25) is 0 Å². The zero-order valence-electron chi connectivity index (χ0n) is 8.21. The Morgan fingerprint density at radius 2 is 2.07 bits per heavy atom. The van der Waals surface area contributed by atoms with Crippen LogP contribution in [0.2, 0.25) is 0 Å². The van der Waals surface area contributed by atoms with Gasteiger partial charge in [0.1, 0.15) is 0 Å². The summed E-state index contributed by atoms with van der Waals surface area (Å²) < 4.78 is 3.17. The van der Waals surface area contributed by atoms with Gasteiger partial charge < -0.3 is 5.11 Å². The van der Waals surface area contributed by atoms with Gasteiger partial charge in [-0.2, -0.15) is 0 Å². The van der Waals surface area contributed by atoms with Crippen molar-refractivity contribution in [3.05, 3.63) is 21.0 Å². The van der Waals surface area contributed by atoms with Gasteiger partial charge in [0.2, 0.25) is 0 Å². The van der Waals surface area contributed by atoms with Crippen LogP contribution < -0.4 is 11.4 Å². The Balaban J connectivity index is 2.72. The molecule has 1 aliphatic heterocycles. The van der Waals surface area contributed by atoms with E-state index in [1.54, 1.807) is 0 Å². The third-order valence-corrected chi connectivity index (χ3v) is 2.68. The molecule has 0 amide bonds. The second-order valence-electron chi connectivity index (χ2n) is 3.59. The molecule has 2 heterocycles. The van der Waals surface area contributed by atoms with Crippen LogP contribution in [0.1, 0.15) is 18.9 Å². The molecule has 0 bridgehead atoms. The van der Waals surface area contributed by atoms with Gasteiger partial charge >= 0.3 is 17.3 Å². The van der Waals surface area contributed by atoms with E-state index in [2.05, 4.69) is 0 Å². The highest BCUT2D eigenvalue weighted by atomic mass is 16.4. The molecule has 2 rings (SSSR count). The number of hydrogen-bond donors (Lipinski definition) is 1. The van der Waals surface area contributed by atoms with E-state index >= 15 is 0 Å². The second-order valence-corrected chi connectivity index (χ2v) is 3.59. The predicted octanol–water partition coefficient (Wildman–Crippen LogP) is -1.23. The highest BCUT2D eigenvalue weighted by molar-refractivity contribution is 5.71. The highest BCUT2D eigenvalue weighted by Crippen LogP contribution is 2.16. The van der Waals surface area contributed by atoms with Crippen LogP contribution in [0.4, 0.5) is 0 Å². The van der Waals surface area contributed by atoms with E-state index in [0.29, 0.717) is 19.4 Å². The van der Waals surface area contributed by atoms with Crippen molar-refractivity contribution in [2.75, 3.05) is 0 Å². The van der Waals surface area contributed by atoms with Gasteiger partial charge in [0.05, 0.1) is 0 Å². The Morgan fingerprint density at radius 1 is 1.40 bits per heavy atom. The van der Waals surface area contributed by atoms with Crippen molar-refractivity contribution in [2.45, 2.75) is 25.4 Å². The molecule has 0 radical (unpaired) electrons. The number of rotatable bonds is 1. The molecular weight excluding hydrogens is 202 g/mol. The van der Waals surface area contributed by atoms with E-state index in [1.165, 1.54) is 11.7 Å². The lowest BCUT2D eigenvalue weighted by Gasteiger charge is -2.21. The summed E-state index contributed by atoms with van der Waals surface area (Å²) in [5, 5.41) is 8.93. The third-order valence-electron chi connectivity index (χ3n) is 2.68. The second kappa shape index (κ2) is 3.11. The Kier molecular flexibility index (Phi) is 2.02. The minimum atomic E-state index is -1.07. The molecule has 0 fully saturated rings. The minimum Gasteiger partial charge on any atom is -0.480 e. The Hall–Kier alpha value is -1.79. The number of carboxylic acids is 1. The Labute approximate surface area is 84.1 Å². The number of nitrogens with zero attached hydrogens (tertiary/aromatic N) is 3. The number of hydrogen-bond acceptors (Lipinski definition) is 3. The number of carbonyl (C=O) groups is 1. The predicted molar refractivity (Wildman–Crippen MR) is 49.8 cm³/mol. The summed E-state index contributed by atoms with van der Waals surface area (Å²) in [5.41, 5.74) is -1.02. The molecule has 0 spiro atoms. The SMILES string of the molecule is Cn1c(=O)n2n(c1=O)C(C(=O)O)CCC2. The molecule has 1 aliphatic rings. The van der Waals surface area contributed by atoms with Crippen molar-refractivity contribution in [1.82, 2.24) is 13.9 Å². The summed E-state index contributed by atoms with van der Waals surface area (Å²) in [6.07, 6.45) is 0.985. The Morgan fingerprint density at radius 3 is 2.67 bits per heavy atom. The molecular formula is C8H11N3O4. The maximum absolute atomic E-state index is 11.6. The lowest BCUT2D eigenvalue weighted by molar-refractivity contribution is -0.142. The first kappa shape index (κ1) is 9.75. The normalized spacial score (nSPS) is 19.9. The maximum Gasteiger partial charge on any atom is 0.347 e. The molecule has 0 saturated carbocycles. The monoisotopic (exact) mass is 213 g/mol. The van der Waals surface area contributed by atoms with E-state index in [-0.39, 0.29) is 0 Å². The van der Waals surface area contributed by atoms with Crippen molar-refractivity contribution >= 4 is 5.97 Å². The summed E-state index contributed by atoms with van der Waals surface area (Å²) in [6, 6.07) is -0.917. The number of carboxylic acid groups (broad SMARTS) is 1. The molecule has 1 atom stereocenters. The first-order chi connectivity index (χ1) is 7.04. The van der Waals surface area contributed by atoms with Crippen LogP contribution in [0.5, 0.6) is 0 Å². The Bertz CT molecular complexity index is 521. The van der Waals surface area contributed by atoms with Crippen LogP contribution in [0.15, 0.2) is 9.59 Å². The smallest absolute Gasteiger partial charge is 0.347 e. The van der Waals surface area contributed by atoms with E-state index in [1.807, 2.05) is 0 Å². The van der Waals surface area contributed by atoms with Gasteiger partial charge in [-0.05, 0) is 12.8 Å². The topological polar surface area (TPSA) is 86.2 Å². The molecule has 1 unspecified atom stereocenters. The standard InChI is InChI=1S/C8H11N3O4/c1-9-7(14)10-4-2-3-5(6(12)13)11(10)8(9)15/h5H,2-4H2,1H3,(H,12,13). The molecule has 0 aliphatic carbocycles. The molecule has 15 heavy (non-hydrogen) atoms. The van der Waals surface area contributed by atoms with Gasteiger partial charge in [-0.15, -0.1) is 0 Å². The lowest BCUT2D eigenvalue weighted by Crippen LogP contribution is -2.38. The van der Waals surface area contributed by atoms with Gasteiger partial charge in [0.15, 0.2) is 6.04 Å². The van der Waals surface area contributed by atoms with Gasteiger partial charge in [-0.1, -0.05) is 0 Å². The zero-order chi connectivity index (χ0) is 11.2. The third kappa shape index (κ3) is 1.23. The van der Waals surface area contributed by atoms with Gasteiger partial charge in [0, 0.05) is 13.6 Å². The minimum absolute atomic E-state index is 0.388. The number of aliphatic carboxylic acids is 1. The average molecular weight is 213 g/mol. The van der Waals surface area contributed by atoms with Gasteiger partial charge in [-0.25, -0.2) is 28.3 Å². The fourth-order valence-corrected chi connectivity index (χ4v) is 1.89. The summed E-state index contributed by atoms with van der Waals surface area (Å²) in [5.74, 6) is -1.07. The van der Waals surface area contributed by atoms with E-state index in [9.17, 15) is 14.4 Å². The fraction of sp³-hybridized carbons (Fsp3) is 0.625. The van der Waals surface area contributed by atoms with Gasteiger partial charge in [0.25, 0.3) is 0 Å². The summed E-state index contributed by atoms with van der Waals surface area (Å²) in [7, 11) is 1.35. The molecule has 0 aromatic carbocycles. The number of fused-ring (bicyclic) bond motifs is 1. The van der Waals surface area contributed by atoms with Crippen LogP contribution in [0.25, 0.3) is 0 Å². The quantitative estimate of drug-likeness (QED) is 0.632. The van der Waals surface area contributed by atoms with E-state index in [0.717, 1.165) is 9.25 Å². The zero-order valence-corrected chi connectivity index (χ0v) is 8.21. The molecule has 7 heteroatoms. The van der Waals surface area contributed by atoms with Crippen LogP contribution in [-0.4, -0.2) is 25.0 Å². The van der Waals surface area contributed by atoms with E-state index in [4.69, 9.17) is 5.11 Å². The summed E-state index contributed by atoms with van der Waals surface area (Å²) in [4.78, 5) is 34.0. The fourth-order valence-electron chi connectivity index (χ4n) is 1.89.